The predicted molar refractivity (Wildman–Crippen MR) is 90.8 cm³/mol. The van der Waals surface area contributed by atoms with Crippen LogP contribution in [0.4, 0.5) is 5.69 Å². The Morgan fingerprint density at radius 1 is 1.19 bits per heavy atom. The highest BCUT2D eigenvalue weighted by molar-refractivity contribution is 5.56. The topological polar surface area (TPSA) is 15.3 Å². The lowest BCUT2D eigenvalue weighted by Crippen LogP contribution is -2.46. The molecule has 0 aromatic heterocycles. The standard InChI is InChI=1S/C19H30N2/c1-13-5-8-19(17(10-13)11-20-18-6-7-18)21-12-14(2)9-15(3)16(21)4/h5,8,10,14-16,18,20H,6-7,9,11-12H2,1-4H3. The number of piperidine rings is 1. The molecule has 1 aromatic rings. The number of rotatable bonds is 4. The van der Waals surface area contributed by atoms with Gasteiger partial charge in [0.05, 0.1) is 0 Å². The first kappa shape index (κ1) is 14.9. The molecule has 0 bridgehead atoms. The van der Waals surface area contributed by atoms with E-state index in [4.69, 9.17) is 0 Å². The van der Waals surface area contributed by atoms with Crippen molar-refractivity contribution in [2.45, 2.75) is 65.6 Å². The fraction of sp³-hybridized carbons (Fsp3) is 0.684. The molecule has 3 atom stereocenters. The molecule has 1 heterocycles. The largest absolute Gasteiger partial charge is 0.368 e. The van der Waals surface area contributed by atoms with Crippen molar-refractivity contribution in [2.75, 3.05) is 11.4 Å². The van der Waals surface area contributed by atoms with Gasteiger partial charge >= 0.3 is 0 Å². The van der Waals surface area contributed by atoms with E-state index in [1.165, 1.54) is 42.6 Å². The Morgan fingerprint density at radius 3 is 2.67 bits per heavy atom. The van der Waals surface area contributed by atoms with Gasteiger partial charge < -0.3 is 10.2 Å². The maximum atomic E-state index is 3.69. The molecule has 0 radical (unpaired) electrons. The minimum Gasteiger partial charge on any atom is -0.368 e. The van der Waals surface area contributed by atoms with Crippen LogP contribution in [-0.2, 0) is 6.54 Å². The van der Waals surface area contributed by atoms with Gasteiger partial charge in [0.2, 0.25) is 0 Å². The summed E-state index contributed by atoms with van der Waals surface area (Å²) in [5, 5.41) is 3.69. The van der Waals surface area contributed by atoms with Crippen molar-refractivity contribution in [2.24, 2.45) is 11.8 Å². The van der Waals surface area contributed by atoms with E-state index in [-0.39, 0.29) is 0 Å². The number of hydrogen-bond donors (Lipinski definition) is 1. The maximum Gasteiger partial charge on any atom is 0.0414 e. The van der Waals surface area contributed by atoms with E-state index in [2.05, 4.69) is 56.1 Å². The van der Waals surface area contributed by atoms with Crippen molar-refractivity contribution < 1.29 is 0 Å². The summed E-state index contributed by atoms with van der Waals surface area (Å²) in [6.07, 6.45) is 4.07. The summed E-state index contributed by atoms with van der Waals surface area (Å²) in [5.41, 5.74) is 4.31. The first-order chi connectivity index (χ1) is 10.0. The van der Waals surface area contributed by atoms with Crippen LogP contribution in [0.5, 0.6) is 0 Å². The summed E-state index contributed by atoms with van der Waals surface area (Å²) >= 11 is 0. The third-order valence-electron chi connectivity index (χ3n) is 5.30. The molecule has 2 aliphatic rings. The lowest BCUT2D eigenvalue weighted by Gasteiger charge is -2.43. The lowest BCUT2D eigenvalue weighted by atomic mass is 9.85. The fourth-order valence-electron chi connectivity index (χ4n) is 3.71. The summed E-state index contributed by atoms with van der Waals surface area (Å²) in [6.45, 7) is 11.6. The number of aryl methyl sites for hydroxylation is 1. The molecule has 1 saturated heterocycles. The Bertz CT molecular complexity index is 492. The summed E-state index contributed by atoms with van der Waals surface area (Å²) in [7, 11) is 0. The smallest absolute Gasteiger partial charge is 0.0414 e. The van der Waals surface area contributed by atoms with Crippen molar-refractivity contribution in [3.8, 4) is 0 Å². The van der Waals surface area contributed by atoms with Gasteiger partial charge in [0.1, 0.15) is 0 Å². The second-order valence-electron chi connectivity index (χ2n) is 7.50. The quantitative estimate of drug-likeness (QED) is 0.896. The Morgan fingerprint density at radius 2 is 1.95 bits per heavy atom. The van der Waals surface area contributed by atoms with Crippen molar-refractivity contribution in [1.82, 2.24) is 5.32 Å². The molecular formula is C19H30N2. The highest BCUT2D eigenvalue weighted by atomic mass is 15.2. The van der Waals surface area contributed by atoms with Crippen LogP contribution in [0.2, 0.25) is 0 Å². The Hall–Kier alpha value is -1.02. The van der Waals surface area contributed by atoms with Gasteiger partial charge in [0.15, 0.2) is 0 Å². The number of benzene rings is 1. The van der Waals surface area contributed by atoms with E-state index in [0.717, 1.165) is 24.4 Å². The van der Waals surface area contributed by atoms with Gasteiger partial charge in [-0.2, -0.15) is 0 Å². The maximum absolute atomic E-state index is 3.69. The van der Waals surface area contributed by atoms with Gasteiger partial charge in [-0.15, -0.1) is 0 Å². The van der Waals surface area contributed by atoms with E-state index >= 15 is 0 Å². The van der Waals surface area contributed by atoms with E-state index < -0.39 is 0 Å². The molecule has 1 N–H and O–H groups in total. The third-order valence-corrected chi connectivity index (χ3v) is 5.30. The summed E-state index contributed by atoms with van der Waals surface area (Å²) in [4.78, 5) is 2.65. The van der Waals surface area contributed by atoms with Gasteiger partial charge in [-0.3, -0.25) is 0 Å². The minimum atomic E-state index is 0.642. The molecule has 1 aromatic carbocycles. The van der Waals surface area contributed by atoms with Gasteiger partial charge in [0, 0.05) is 30.9 Å². The average molecular weight is 286 g/mol. The first-order valence-electron chi connectivity index (χ1n) is 8.64. The highest BCUT2D eigenvalue weighted by Gasteiger charge is 2.30. The molecule has 3 unspecified atom stereocenters. The third kappa shape index (κ3) is 3.42. The summed E-state index contributed by atoms with van der Waals surface area (Å²) < 4.78 is 0. The molecule has 2 nitrogen and oxygen atoms in total. The highest BCUT2D eigenvalue weighted by Crippen LogP contribution is 2.34. The van der Waals surface area contributed by atoms with Gasteiger partial charge in [-0.1, -0.05) is 31.5 Å². The van der Waals surface area contributed by atoms with Crippen LogP contribution < -0.4 is 10.2 Å². The molecular weight excluding hydrogens is 256 g/mol. The molecule has 2 heteroatoms. The lowest BCUT2D eigenvalue weighted by molar-refractivity contribution is 0.296. The predicted octanol–water partition coefficient (Wildman–Crippen LogP) is 4.12. The van der Waals surface area contributed by atoms with Crippen LogP contribution in [0.25, 0.3) is 0 Å². The Kier molecular flexibility index (Phi) is 4.26. The number of hydrogen-bond acceptors (Lipinski definition) is 2. The Labute approximate surface area is 129 Å². The SMILES string of the molecule is Cc1ccc(N2CC(C)CC(C)C2C)c(CNC2CC2)c1. The zero-order valence-electron chi connectivity index (χ0n) is 14.0. The minimum absolute atomic E-state index is 0.642. The molecule has 3 rings (SSSR count). The molecule has 0 spiro atoms. The fourth-order valence-corrected chi connectivity index (χ4v) is 3.71. The second-order valence-corrected chi connectivity index (χ2v) is 7.50. The van der Waals surface area contributed by atoms with E-state index in [1.807, 2.05) is 0 Å². The van der Waals surface area contributed by atoms with Crippen LogP contribution in [0.15, 0.2) is 18.2 Å². The van der Waals surface area contributed by atoms with E-state index in [9.17, 15) is 0 Å². The van der Waals surface area contributed by atoms with Crippen molar-refractivity contribution in [3.05, 3.63) is 29.3 Å². The monoisotopic (exact) mass is 286 g/mol. The van der Waals surface area contributed by atoms with Crippen LogP contribution in [0, 0.1) is 18.8 Å². The molecule has 1 aliphatic heterocycles. The van der Waals surface area contributed by atoms with Gasteiger partial charge in [-0.05, 0) is 56.6 Å². The average Bonchev–Trinajstić information content (AvgIpc) is 3.25. The second kappa shape index (κ2) is 6.00. The molecule has 0 amide bonds. The normalized spacial score (nSPS) is 29.7. The molecule has 1 saturated carbocycles. The van der Waals surface area contributed by atoms with E-state index in [0.29, 0.717) is 6.04 Å². The van der Waals surface area contributed by atoms with Gasteiger partial charge in [0.25, 0.3) is 0 Å². The van der Waals surface area contributed by atoms with Crippen LogP contribution >= 0.6 is 0 Å². The van der Waals surface area contributed by atoms with Crippen molar-refractivity contribution >= 4 is 5.69 Å². The van der Waals surface area contributed by atoms with Crippen molar-refractivity contribution in [1.29, 1.82) is 0 Å². The van der Waals surface area contributed by atoms with Crippen LogP contribution in [0.1, 0.15) is 51.2 Å². The van der Waals surface area contributed by atoms with Crippen molar-refractivity contribution in [3.63, 3.8) is 0 Å². The number of nitrogens with one attached hydrogen (secondary N) is 1. The molecule has 21 heavy (non-hydrogen) atoms. The first-order valence-corrected chi connectivity index (χ1v) is 8.64. The summed E-state index contributed by atoms with van der Waals surface area (Å²) in [5.74, 6) is 1.57. The van der Waals surface area contributed by atoms with E-state index in [1.54, 1.807) is 0 Å². The number of nitrogens with zero attached hydrogens (tertiary/aromatic N) is 1. The molecule has 116 valence electrons. The van der Waals surface area contributed by atoms with Gasteiger partial charge in [-0.25, -0.2) is 0 Å². The zero-order valence-corrected chi connectivity index (χ0v) is 14.0. The Balaban J connectivity index is 1.84. The summed E-state index contributed by atoms with van der Waals surface area (Å²) in [6, 6.07) is 8.41. The zero-order chi connectivity index (χ0) is 15.0. The molecule has 1 aliphatic carbocycles. The molecule has 2 fully saturated rings. The van der Waals surface area contributed by atoms with Crippen LogP contribution in [0.3, 0.4) is 0 Å². The number of anilines is 1. The van der Waals surface area contributed by atoms with Crippen LogP contribution in [-0.4, -0.2) is 18.6 Å².